The van der Waals surface area contributed by atoms with Crippen molar-refractivity contribution < 1.29 is 28.4 Å². The number of hydrogen-bond acceptors (Lipinski definition) is 7. The third-order valence-corrected chi connectivity index (χ3v) is 6.80. The molecule has 1 aromatic heterocycles. The smallest absolute Gasteiger partial charge is 0.288 e. The number of hydrogen-bond donors (Lipinski definition) is 0. The molecule has 10 nitrogen and oxygen atoms in total. The highest BCUT2D eigenvalue weighted by molar-refractivity contribution is 6.32. The number of nitro benzene ring substituents is 1. The van der Waals surface area contributed by atoms with Gasteiger partial charge in [-0.05, 0) is 61.7 Å². The van der Waals surface area contributed by atoms with E-state index in [-0.39, 0.29) is 41.3 Å². The Balaban J connectivity index is 1.84. The highest BCUT2D eigenvalue weighted by Crippen LogP contribution is 2.28. The van der Waals surface area contributed by atoms with Crippen LogP contribution in [0.4, 0.5) is 5.69 Å². The average Bonchev–Trinajstić information content (AvgIpc) is 3.46. The standard InChI is InChI=1S/C28H32ClN3O7/c1-5-19(2)31(28(34)21-9-10-23(29)24(16-21)32(35)36)18-27(33)30(17-22-7-6-14-39-22)13-12-20-8-11-25(37-3)26(15-20)38-4/h6-11,14-16,19H,5,12-13,17-18H2,1-4H3. The molecule has 2 amide bonds. The van der Waals surface area contributed by atoms with Gasteiger partial charge in [0.05, 0.1) is 32.0 Å². The van der Waals surface area contributed by atoms with Crippen molar-refractivity contribution in [2.75, 3.05) is 27.3 Å². The van der Waals surface area contributed by atoms with Crippen molar-refractivity contribution in [2.24, 2.45) is 0 Å². The Morgan fingerprint density at radius 3 is 2.46 bits per heavy atom. The Morgan fingerprint density at radius 2 is 1.85 bits per heavy atom. The van der Waals surface area contributed by atoms with Gasteiger partial charge in [-0.1, -0.05) is 24.6 Å². The second-order valence-corrected chi connectivity index (χ2v) is 9.35. The van der Waals surface area contributed by atoms with Gasteiger partial charge in [-0.15, -0.1) is 0 Å². The molecular weight excluding hydrogens is 526 g/mol. The molecule has 11 heteroatoms. The molecule has 0 aliphatic heterocycles. The van der Waals surface area contributed by atoms with E-state index < -0.39 is 10.8 Å². The van der Waals surface area contributed by atoms with Gasteiger partial charge < -0.3 is 23.7 Å². The number of nitrogens with zero attached hydrogens (tertiary/aromatic N) is 3. The van der Waals surface area contributed by atoms with Crippen molar-refractivity contribution in [2.45, 2.75) is 39.3 Å². The summed E-state index contributed by atoms with van der Waals surface area (Å²) in [6.45, 7) is 4.09. The first-order valence-corrected chi connectivity index (χ1v) is 12.8. The van der Waals surface area contributed by atoms with E-state index in [4.69, 9.17) is 25.5 Å². The number of nitro groups is 1. The fraction of sp³-hybridized carbons (Fsp3) is 0.357. The predicted molar refractivity (Wildman–Crippen MR) is 146 cm³/mol. The molecule has 1 unspecified atom stereocenters. The summed E-state index contributed by atoms with van der Waals surface area (Å²) in [6.07, 6.45) is 2.64. The molecule has 3 aromatic rings. The first-order valence-electron chi connectivity index (χ1n) is 12.4. The van der Waals surface area contributed by atoms with Crippen molar-refractivity contribution in [1.82, 2.24) is 9.80 Å². The summed E-state index contributed by atoms with van der Waals surface area (Å²) >= 11 is 5.93. The number of carbonyl (C=O) groups excluding carboxylic acids is 2. The Bertz CT molecular complexity index is 1300. The minimum atomic E-state index is -0.642. The molecule has 0 saturated heterocycles. The number of rotatable bonds is 13. The second kappa shape index (κ2) is 13.7. The molecule has 1 atom stereocenters. The van der Waals surface area contributed by atoms with Gasteiger partial charge >= 0.3 is 0 Å². The number of furan rings is 1. The maximum atomic E-state index is 13.6. The summed E-state index contributed by atoms with van der Waals surface area (Å²) in [7, 11) is 3.12. The van der Waals surface area contributed by atoms with Crippen molar-refractivity contribution in [3.05, 3.63) is 86.8 Å². The van der Waals surface area contributed by atoms with E-state index in [2.05, 4.69) is 0 Å². The van der Waals surface area contributed by atoms with Crippen molar-refractivity contribution in [3.63, 3.8) is 0 Å². The van der Waals surface area contributed by atoms with Gasteiger partial charge in [0, 0.05) is 24.2 Å². The maximum absolute atomic E-state index is 13.6. The van der Waals surface area contributed by atoms with Crippen LogP contribution in [0.15, 0.2) is 59.2 Å². The molecule has 0 saturated carbocycles. The summed E-state index contributed by atoms with van der Waals surface area (Å²) in [4.78, 5) is 40.9. The molecular formula is C28H32ClN3O7. The third kappa shape index (κ3) is 7.51. The lowest BCUT2D eigenvalue weighted by atomic mass is 10.1. The van der Waals surface area contributed by atoms with E-state index in [0.717, 1.165) is 11.6 Å². The Morgan fingerprint density at radius 1 is 1.10 bits per heavy atom. The molecule has 0 aliphatic carbocycles. The number of benzene rings is 2. The van der Waals surface area contributed by atoms with E-state index in [1.165, 1.54) is 23.3 Å². The van der Waals surface area contributed by atoms with Crippen LogP contribution in [0.5, 0.6) is 11.5 Å². The van der Waals surface area contributed by atoms with E-state index in [0.29, 0.717) is 36.6 Å². The molecule has 0 radical (unpaired) electrons. The summed E-state index contributed by atoms with van der Waals surface area (Å²) in [5, 5.41) is 11.3. The van der Waals surface area contributed by atoms with Crippen molar-refractivity contribution >= 4 is 29.1 Å². The van der Waals surface area contributed by atoms with Gasteiger partial charge in [0.15, 0.2) is 11.5 Å². The monoisotopic (exact) mass is 557 g/mol. The van der Waals surface area contributed by atoms with Crippen LogP contribution in [-0.4, -0.2) is 59.9 Å². The topological polar surface area (TPSA) is 115 Å². The number of halogens is 1. The fourth-order valence-corrected chi connectivity index (χ4v) is 4.21. The van der Waals surface area contributed by atoms with E-state index >= 15 is 0 Å². The van der Waals surface area contributed by atoms with Crippen LogP contribution in [0, 0.1) is 10.1 Å². The van der Waals surface area contributed by atoms with E-state index in [1.54, 1.807) is 31.3 Å². The van der Waals surface area contributed by atoms with Crippen LogP contribution in [0.2, 0.25) is 5.02 Å². The first kappa shape index (κ1) is 29.5. The summed E-state index contributed by atoms with van der Waals surface area (Å²) in [5.74, 6) is 1.02. The highest BCUT2D eigenvalue weighted by Gasteiger charge is 2.28. The van der Waals surface area contributed by atoms with Gasteiger partial charge in [0.25, 0.3) is 11.6 Å². The molecule has 3 rings (SSSR count). The summed E-state index contributed by atoms with van der Waals surface area (Å²) < 4.78 is 16.2. The minimum Gasteiger partial charge on any atom is -0.493 e. The molecule has 39 heavy (non-hydrogen) atoms. The van der Waals surface area contributed by atoms with Gasteiger partial charge in [-0.25, -0.2) is 0 Å². The number of methoxy groups -OCH3 is 2. The molecule has 0 N–H and O–H groups in total. The fourth-order valence-electron chi connectivity index (χ4n) is 4.03. The lowest BCUT2D eigenvalue weighted by Gasteiger charge is -2.31. The average molecular weight is 558 g/mol. The summed E-state index contributed by atoms with van der Waals surface area (Å²) in [6, 6.07) is 12.7. The molecule has 0 bridgehead atoms. The van der Waals surface area contributed by atoms with Crippen LogP contribution in [0.3, 0.4) is 0 Å². The normalized spacial score (nSPS) is 11.5. The molecule has 208 valence electrons. The van der Waals surface area contributed by atoms with Gasteiger partial charge in [-0.2, -0.15) is 0 Å². The Hall–Kier alpha value is -4.05. The number of amides is 2. The Kier molecular flexibility index (Phi) is 10.3. The van der Waals surface area contributed by atoms with Gasteiger partial charge in [0.2, 0.25) is 5.91 Å². The van der Waals surface area contributed by atoms with Crippen molar-refractivity contribution in [1.29, 1.82) is 0 Å². The lowest BCUT2D eigenvalue weighted by Crippen LogP contribution is -2.46. The highest BCUT2D eigenvalue weighted by atomic mass is 35.5. The SMILES string of the molecule is CCC(C)N(CC(=O)N(CCc1ccc(OC)c(OC)c1)Cc1ccco1)C(=O)c1ccc(Cl)c([N+](=O)[O-])c1. The minimum absolute atomic E-state index is 0.0671. The Labute approximate surface area is 232 Å². The van der Waals surface area contributed by atoms with E-state index in [9.17, 15) is 19.7 Å². The third-order valence-electron chi connectivity index (χ3n) is 6.48. The van der Waals surface area contributed by atoms with Crippen molar-refractivity contribution in [3.8, 4) is 11.5 Å². The van der Waals surface area contributed by atoms with Gasteiger partial charge in [0.1, 0.15) is 17.3 Å². The molecule has 0 aliphatic rings. The quantitative estimate of drug-likeness (QED) is 0.205. The largest absolute Gasteiger partial charge is 0.493 e. The lowest BCUT2D eigenvalue weighted by molar-refractivity contribution is -0.384. The van der Waals surface area contributed by atoms with Crippen LogP contribution < -0.4 is 9.47 Å². The second-order valence-electron chi connectivity index (χ2n) is 8.95. The van der Waals surface area contributed by atoms with Gasteiger partial charge in [-0.3, -0.25) is 19.7 Å². The zero-order valence-corrected chi connectivity index (χ0v) is 23.1. The van der Waals surface area contributed by atoms with Crippen LogP contribution in [0.1, 0.15) is 41.9 Å². The van der Waals surface area contributed by atoms with E-state index in [1.807, 2.05) is 32.0 Å². The zero-order valence-electron chi connectivity index (χ0n) is 22.4. The first-order chi connectivity index (χ1) is 18.7. The van der Waals surface area contributed by atoms with Crippen LogP contribution >= 0.6 is 11.6 Å². The van der Waals surface area contributed by atoms with Crippen LogP contribution in [0.25, 0.3) is 0 Å². The molecule has 1 heterocycles. The maximum Gasteiger partial charge on any atom is 0.288 e. The number of carbonyl (C=O) groups is 2. The molecule has 0 spiro atoms. The van der Waals surface area contributed by atoms with Crippen LogP contribution in [-0.2, 0) is 17.8 Å². The molecule has 0 fully saturated rings. The summed E-state index contributed by atoms with van der Waals surface area (Å²) in [5.41, 5.74) is 0.655. The zero-order chi connectivity index (χ0) is 28.5. The molecule has 2 aromatic carbocycles. The number of ether oxygens (including phenoxy) is 2. The predicted octanol–water partition coefficient (Wildman–Crippen LogP) is 5.37.